The van der Waals surface area contributed by atoms with E-state index in [1.54, 1.807) is 6.08 Å². The third-order valence-corrected chi connectivity index (χ3v) is 4.27. The van der Waals surface area contributed by atoms with Crippen LogP contribution in [0, 0.1) is 0 Å². The Morgan fingerprint density at radius 2 is 2.38 bits per heavy atom. The van der Waals surface area contributed by atoms with E-state index in [0.29, 0.717) is 12.2 Å². The van der Waals surface area contributed by atoms with Crippen LogP contribution in [-0.2, 0) is 16.1 Å². The van der Waals surface area contributed by atoms with E-state index in [1.807, 2.05) is 6.07 Å². The molecule has 9 heteroatoms. The van der Waals surface area contributed by atoms with Gasteiger partial charge in [-0.25, -0.2) is 19.3 Å². The van der Waals surface area contributed by atoms with Gasteiger partial charge in [-0.2, -0.15) is 0 Å². The highest BCUT2D eigenvalue weighted by Crippen LogP contribution is 2.34. The molecule has 0 unspecified atom stereocenters. The molecule has 0 atom stereocenters. The van der Waals surface area contributed by atoms with E-state index in [-0.39, 0.29) is 17.8 Å². The number of rotatable bonds is 4. The second-order valence-electron chi connectivity index (χ2n) is 4.09. The van der Waals surface area contributed by atoms with Crippen LogP contribution in [0.4, 0.5) is 10.5 Å². The molecule has 0 spiro atoms. The van der Waals surface area contributed by atoms with Crippen LogP contribution in [0.1, 0.15) is 16.2 Å². The molecule has 0 amide bonds. The summed E-state index contributed by atoms with van der Waals surface area (Å²) in [5.41, 5.74) is 6.57. The monoisotopic (exact) mass is 327 g/mol. The van der Waals surface area contributed by atoms with Crippen LogP contribution in [-0.4, -0.2) is 29.3 Å². The molecule has 2 heterocycles. The maximum Gasteiger partial charge on any atom is 0.382 e. The Kier molecular flexibility index (Phi) is 4.99. The van der Waals surface area contributed by atoms with Crippen molar-refractivity contribution < 1.29 is 19.4 Å². The lowest BCUT2D eigenvalue weighted by molar-refractivity contribution is -0.132. The molecule has 0 aromatic carbocycles. The summed E-state index contributed by atoms with van der Waals surface area (Å²) in [4.78, 5) is 28.0. The highest BCUT2D eigenvalue weighted by atomic mass is 32.2. The maximum atomic E-state index is 11.1. The maximum absolute atomic E-state index is 11.1. The normalized spacial score (nSPS) is 13.8. The number of ether oxygens (including phenoxy) is 1. The number of carboxylic acid groups (broad SMARTS) is 1. The van der Waals surface area contributed by atoms with E-state index in [1.165, 1.54) is 18.4 Å². The average molecular weight is 327 g/mol. The molecule has 2 rings (SSSR count). The van der Waals surface area contributed by atoms with Crippen molar-refractivity contribution in [2.75, 3.05) is 7.11 Å². The Morgan fingerprint density at radius 3 is 3.05 bits per heavy atom. The van der Waals surface area contributed by atoms with Crippen LogP contribution >= 0.6 is 23.3 Å². The largest absolute Gasteiger partial charge is 0.478 e. The zero-order valence-electron chi connectivity index (χ0n) is 11.1. The van der Waals surface area contributed by atoms with Gasteiger partial charge < -0.3 is 15.6 Å². The zero-order valence-corrected chi connectivity index (χ0v) is 12.7. The number of aliphatic imine (C=N–C) groups is 1. The molecule has 0 saturated heterocycles. The standard InChI is InChI=1S/C12H13N3O4S2/c1-19-12(18)21-14-5-7-4-8-9(20-7)2-6(11(16)17)3-10(13)15-8/h2,4,14H,3,5H2,1H3,(H2,13,15)(H,16,17). The lowest BCUT2D eigenvalue weighted by Gasteiger charge is -2.00. The number of hydrogen-bond donors (Lipinski definition) is 3. The van der Waals surface area contributed by atoms with E-state index < -0.39 is 11.3 Å². The fourth-order valence-corrected chi connectivity index (χ4v) is 3.20. The number of nitrogens with zero attached hydrogens (tertiary/aromatic N) is 1. The number of nitrogens with two attached hydrogens (primary N) is 1. The Labute approximate surface area is 129 Å². The van der Waals surface area contributed by atoms with Gasteiger partial charge in [0.15, 0.2) is 0 Å². The SMILES string of the molecule is COC(=O)SNCc1cc2c(s1)C=C(C(=O)O)CC(N)=N2. The van der Waals surface area contributed by atoms with Gasteiger partial charge in [0.1, 0.15) is 5.84 Å². The van der Waals surface area contributed by atoms with E-state index in [0.717, 1.165) is 21.7 Å². The summed E-state index contributed by atoms with van der Waals surface area (Å²) in [6.45, 7) is 0.434. The Morgan fingerprint density at radius 1 is 1.62 bits per heavy atom. The van der Waals surface area contributed by atoms with Gasteiger partial charge in [-0.15, -0.1) is 11.3 Å². The molecule has 0 bridgehead atoms. The van der Waals surface area contributed by atoms with Crippen LogP contribution in [0.15, 0.2) is 16.6 Å². The molecule has 7 nitrogen and oxygen atoms in total. The van der Waals surface area contributed by atoms with E-state index in [2.05, 4.69) is 14.5 Å². The van der Waals surface area contributed by atoms with Gasteiger partial charge in [0.2, 0.25) is 0 Å². The summed E-state index contributed by atoms with van der Waals surface area (Å²) < 4.78 is 7.35. The first-order valence-corrected chi connectivity index (χ1v) is 7.50. The number of carboxylic acids is 1. The smallest absolute Gasteiger partial charge is 0.382 e. The summed E-state index contributed by atoms with van der Waals surface area (Å²) in [6.07, 6.45) is 1.71. The zero-order chi connectivity index (χ0) is 15.4. The molecule has 0 saturated carbocycles. The topological polar surface area (TPSA) is 114 Å². The first-order valence-electron chi connectivity index (χ1n) is 5.87. The number of aliphatic carboxylic acids is 1. The minimum atomic E-state index is -1.00. The van der Waals surface area contributed by atoms with Crippen molar-refractivity contribution in [3.8, 4) is 0 Å². The van der Waals surface area contributed by atoms with Crippen LogP contribution in [0.25, 0.3) is 6.08 Å². The third-order valence-electron chi connectivity index (χ3n) is 2.58. The average Bonchev–Trinajstić information content (AvgIpc) is 2.71. The fraction of sp³-hybridized carbons (Fsp3) is 0.250. The van der Waals surface area contributed by atoms with Crippen LogP contribution in [0.3, 0.4) is 0 Å². The van der Waals surface area contributed by atoms with Crippen molar-refractivity contribution in [3.05, 3.63) is 21.4 Å². The first-order chi connectivity index (χ1) is 9.99. The number of carbonyl (C=O) groups excluding carboxylic acids is 1. The molecule has 4 N–H and O–H groups in total. The number of nitrogens with one attached hydrogen (secondary N) is 1. The second kappa shape index (κ2) is 6.74. The predicted octanol–water partition coefficient (Wildman–Crippen LogP) is 2.11. The van der Waals surface area contributed by atoms with Crippen molar-refractivity contribution in [2.24, 2.45) is 10.7 Å². The lowest BCUT2D eigenvalue weighted by atomic mass is 10.1. The molecule has 0 aliphatic carbocycles. The van der Waals surface area contributed by atoms with Crippen LogP contribution < -0.4 is 10.5 Å². The van der Waals surface area contributed by atoms with Crippen molar-refractivity contribution in [1.29, 1.82) is 0 Å². The Hall–Kier alpha value is -1.84. The molecule has 1 aliphatic heterocycles. The minimum Gasteiger partial charge on any atom is -0.478 e. The number of amidine groups is 1. The Bertz CT molecular complexity index is 636. The minimum absolute atomic E-state index is 0.127. The van der Waals surface area contributed by atoms with Gasteiger partial charge in [0.25, 0.3) is 0 Å². The molecular formula is C12H13N3O4S2. The summed E-state index contributed by atoms with van der Waals surface area (Å²) in [7, 11) is 1.31. The molecule has 1 aliphatic rings. The van der Waals surface area contributed by atoms with Gasteiger partial charge >= 0.3 is 11.3 Å². The predicted molar refractivity (Wildman–Crippen MR) is 82.7 cm³/mol. The van der Waals surface area contributed by atoms with Gasteiger partial charge in [-0.1, -0.05) is 0 Å². The van der Waals surface area contributed by atoms with Crippen molar-refractivity contribution in [1.82, 2.24) is 4.72 Å². The van der Waals surface area contributed by atoms with Gasteiger partial charge in [-0.3, -0.25) is 0 Å². The summed E-state index contributed by atoms with van der Waals surface area (Å²) in [5.74, 6) is -0.737. The molecule has 1 aromatic rings. The van der Waals surface area contributed by atoms with E-state index >= 15 is 0 Å². The fourth-order valence-electron chi connectivity index (χ4n) is 1.67. The Balaban J connectivity index is 2.15. The van der Waals surface area contributed by atoms with Crippen molar-refractivity contribution >= 4 is 52.2 Å². The molecule has 112 valence electrons. The van der Waals surface area contributed by atoms with Crippen LogP contribution in [0.5, 0.6) is 0 Å². The highest BCUT2D eigenvalue weighted by Gasteiger charge is 2.17. The van der Waals surface area contributed by atoms with Gasteiger partial charge in [0, 0.05) is 35.4 Å². The summed E-state index contributed by atoms with van der Waals surface area (Å²) in [6, 6.07) is 1.82. The van der Waals surface area contributed by atoms with E-state index in [9.17, 15) is 9.59 Å². The number of carbonyl (C=O) groups is 2. The highest BCUT2D eigenvalue weighted by molar-refractivity contribution is 8.11. The number of thiophene rings is 1. The number of fused-ring (bicyclic) bond motifs is 1. The lowest BCUT2D eigenvalue weighted by Crippen LogP contribution is -2.14. The summed E-state index contributed by atoms with van der Waals surface area (Å²) in [5, 5.41) is 8.67. The third kappa shape index (κ3) is 4.06. The van der Waals surface area contributed by atoms with Crippen molar-refractivity contribution in [2.45, 2.75) is 13.0 Å². The molecule has 21 heavy (non-hydrogen) atoms. The number of hydrogen-bond acceptors (Lipinski definition) is 8. The van der Waals surface area contributed by atoms with Gasteiger partial charge in [0.05, 0.1) is 17.7 Å². The van der Waals surface area contributed by atoms with Crippen molar-refractivity contribution in [3.63, 3.8) is 0 Å². The van der Waals surface area contributed by atoms with Gasteiger partial charge in [-0.05, 0) is 12.1 Å². The van der Waals surface area contributed by atoms with E-state index in [4.69, 9.17) is 10.8 Å². The molecule has 1 aromatic heterocycles. The summed E-state index contributed by atoms with van der Waals surface area (Å²) >= 11 is 2.25. The second-order valence-corrected chi connectivity index (χ2v) is 6.09. The molecule has 0 fully saturated rings. The quantitative estimate of drug-likeness (QED) is 0.573. The number of methoxy groups -OCH3 is 1. The first kappa shape index (κ1) is 15.5. The molecule has 0 radical (unpaired) electrons. The van der Waals surface area contributed by atoms with Crippen LogP contribution in [0.2, 0.25) is 0 Å². The molecular weight excluding hydrogens is 314 g/mol.